The second-order valence-electron chi connectivity index (χ2n) is 8.00. The van der Waals surface area contributed by atoms with E-state index in [4.69, 9.17) is 15.7 Å². The molecule has 3 heterocycles. The number of benzene rings is 1. The van der Waals surface area contributed by atoms with Gasteiger partial charge >= 0.3 is 0 Å². The fourth-order valence-corrected chi connectivity index (χ4v) is 3.64. The number of nitrogens with one attached hydrogen (secondary N) is 1. The number of anilines is 2. The summed E-state index contributed by atoms with van der Waals surface area (Å²) >= 11 is 0. The molecule has 4 aromatic rings. The summed E-state index contributed by atoms with van der Waals surface area (Å²) in [6.45, 7) is 1.83. The van der Waals surface area contributed by atoms with Gasteiger partial charge in [0.2, 0.25) is 11.9 Å². The van der Waals surface area contributed by atoms with Crippen LogP contribution in [0.1, 0.15) is 31.4 Å². The minimum atomic E-state index is -0.290. The summed E-state index contributed by atoms with van der Waals surface area (Å²) in [4.78, 5) is 29.4. The van der Waals surface area contributed by atoms with Crippen molar-refractivity contribution in [3.63, 3.8) is 0 Å². The van der Waals surface area contributed by atoms with E-state index in [0.717, 1.165) is 46.6 Å². The molecule has 3 aromatic heterocycles. The molecule has 1 aromatic carbocycles. The summed E-state index contributed by atoms with van der Waals surface area (Å²) in [5, 5.41) is 3.27. The van der Waals surface area contributed by atoms with Crippen LogP contribution in [0.4, 0.5) is 11.6 Å². The van der Waals surface area contributed by atoms with Crippen LogP contribution in [0.2, 0.25) is 0 Å². The first-order valence-electron chi connectivity index (χ1n) is 10.4. The van der Waals surface area contributed by atoms with Crippen molar-refractivity contribution >= 4 is 28.7 Å². The van der Waals surface area contributed by atoms with Crippen molar-refractivity contribution in [1.82, 2.24) is 24.5 Å². The second kappa shape index (κ2) is 7.79. The maximum atomic E-state index is 11.3. The number of amides is 1. The number of imidazole rings is 1. The Kier molecular flexibility index (Phi) is 4.82. The summed E-state index contributed by atoms with van der Waals surface area (Å²) in [5.41, 5.74) is 9.93. The molecule has 156 valence electrons. The minimum Gasteiger partial charge on any atom is -0.369 e. The van der Waals surface area contributed by atoms with E-state index < -0.39 is 0 Å². The zero-order chi connectivity index (χ0) is 21.4. The van der Waals surface area contributed by atoms with Crippen LogP contribution in [0.15, 0.2) is 55.0 Å². The van der Waals surface area contributed by atoms with Crippen molar-refractivity contribution in [2.75, 3.05) is 5.32 Å². The zero-order valence-corrected chi connectivity index (χ0v) is 17.2. The predicted octanol–water partition coefficient (Wildman–Crippen LogP) is 3.63. The molecule has 5 rings (SSSR count). The Morgan fingerprint density at radius 3 is 2.58 bits per heavy atom. The van der Waals surface area contributed by atoms with Gasteiger partial charge in [-0.1, -0.05) is 19.1 Å². The topological polar surface area (TPSA) is 112 Å². The van der Waals surface area contributed by atoms with Gasteiger partial charge in [0.25, 0.3) is 0 Å². The lowest BCUT2D eigenvalue weighted by atomic mass is 10.0. The molecule has 1 unspecified atom stereocenters. The number of hydrogen-bond donors (Lipinski definition) is 2. The summed E-state index contributed by atoms with van der Waals surface area (Å²) in [6, 6.07) is 12.2. The van der Waals surface area contributed by atoms with E-state index in [0.29, 0.717) is 18.4 Å². The molecule has 8 nitrogen and oxygen atoms in total. The molecule has 1 atom stereocenters. The Labute approximate surface area is 179 Å². The first-order chi connectivity index (χ1) is 15.1. The molecule has 1 saturated carbocycles. The van der Waals surface area contributed by atoms with Gasteiger partial charge < -0.3 is 15.6 Å². The molecule has 1 aliphatic carbocycles. The van der Waals surface area contributed by atoms with Gasteiger partial charge in [-0.25, -0.2) is 9.97 Å². The lowest BCUT2D eigenvalue weighted by Gasteiger charge is -2.10. The van der Waals surface area contributed by atoms with Crippen LogP contribution >= 0.6 is 0 Å². The number of nitrogens with zero attached hydrogens (tertiary/aromatic N) is 5. The van der Waals surface area contributed by atoms with Crippen LogP contribution in [-0.2, 0) is 11.2 Å². The van der Waals surface area contributed by atoms with E-state index in [1.54, 1.807) is 18.6 Å². The Balaban J connectivity index is 1.42. The molecule has 31 heavy (non-hydrogen) atoms. The minimum absolute atomic E-state index is 0.193. The van der Waals surface area contributed by atoms with Gasteiger partial charge in [0, 0.05) is 35.6 Å². The van der Waals surface area contributed by atoms with Gasteiger partial charge in [-0.15, -0.1) is 0 Å². The molecule has 1 amide bonds. The van der Waals surface area contributed by atoms with Gasteiger partial charge in [0.15, 0.2) is 5.65 Å². The van der Waals surface area contributed by atoms with Crippen LogP contribution in [0.5, 0.6) is 0 Å². The predicted molar refractivity (Wildman–Crippen MR) is 119 cm³/mol. The third-order valence-corrected chi connectivity index (χ3v) is 5.52. The lowest BCUT2D eigenvalue weighted by molar-refractivity contribution is -0.121. The maximum absolute atomic E-state index is 11.3. The number of rotatable bonds is 7. The Morgan fingerprint density at radius 2 is 1.90 bits per heavy atom. The Hall–Kier alpha value is -3.81. The monoisotopic (exact) mass is 413 g/mol. The molecule has 1 aliphatic rings. The number of carbonyl (C=O) groups excluding carboxylic acids is 1. The fraction of sp³-hybridized carbons (Fsp3) is 0.261. The number of hydrogen-bond acceptors (Lipinski definition) is 6. The van der Waals surface area contributed by atoms with Crippen LogP contribution < -0.4 is 11.1 Å². The fourth-order valence-electron chi connectivity index (χ4n) is 3.64. The van der Waals surface area contributed by atoms with Crippen molar-refractivity contribution in [2.45, 2.75) is 32.2 Å². The van der Waals surface area contributed by atoms with E-state index >= 15 is 0 Å². The Morgan fingerprint density at radius 1 is 1.16 bits per heavy atom. The van der Waals surface area contributed by atoms with Gasteiger partial charge in [0.1, 0.15) is 11.3 Å². The molecule has 0 radical (unpaired) electrons. The Bertz CT molecular complexity index is 1230. The molecular formula is C23H23N7O. The average Bonchev–Trinajstić information content (AvgIpc) is 3.55. The van der Waals surface area contributed by atoms with Crippen molar-refractivity contribution in [1.29, 1.82) is 0 Å². The normalized spacial score (nSPS) is 14.5. The number of primary amides is 1. The maximum Gasteiger partial charge on any atom is 0.229 e. The van der Waals surface area contributed by atoms with Gasteiger partial charge in [-0.05, 0) is 49.1 Å². The van der Waals surface area contributed by atoms with E-state index in [-0.39, 0.29) is 11.8 Å². The highest BCUT2D eigenvalue weighted by atomic mass is 16.1. The summed E-state index contributed by atoms with van der Waals surface area (Å²) < 4.78 is 2.21. The SMILES string of the molecule is CC(Cc1ccc(Nc2ncc3nc(-c4ccncc4)n(C4CC4)c3n2)cc1)C(N)=O. The van der Waals surface area contributed by atoms with E-state index in [1.807, 2.05) is 43.3 Å². The highest BCUT2D eigenvalue weighted by molar-refractivity contribution is 5.78. The van der Waals surface area contributed by atoms with Gasteiger partial charge in [0.05, 0.1) is 6.20 Å². The smallest absolute Gasteiger partial charge is 0.229 e. The van der Waals surface area contributed by atoms with Crippen molar-refractivity contribution < 1.29 is 4.79 Å². The number of fused-ring (bicyclic) bond motifs is 1. The first-order valence-corrected chi connectivity index (χ1v) is 10.4. The van der Waals surface area contributed by atoms with Crippen LogP contribution in [0.25, 0.3) is 22.6 Å². The zero-order valence-electron chi connectivity index (χ0n) is 17.2. The number of pyridine rings is 1. The third kappa shape index (κ3) is 3.96. The molecule has 3 N–H and O–H groups in total. The molecular weight excluding hydrogens is 390 g/mol. The summed E-state index contributed by atoms with van der Waals surface area (Å²) in [5.74, 6) is 0.942. The van der Waals surface area contributed by atoms with E-state index in [1.165, 1.54) is 0 Å². The molecule has 1 fully saturated rings. The average molecular weight is 413 g/mol. The van der Waals surface area contributed by atoms with Crippen molar-refractivity contribution in [3.05, 3.63) is 60.6 Å². The van der Waals surface area contributed by atoms with Gasteiger partial charge in [-0.3, -0.25) is 9.78 Å². The third-order valence-electron chi connectivity index (χ3n) is 5.52. The summed E-state index contributed by atoms with van der Waals surface area (Å²) in [6.07, 6.45) is 8.19. The summed E-state index contributed by atoms with van der Waals surface area (Å²) in [7, 11) is 0. The van der Waals surface area contributed by atoms with Crippen molar-refractivity contribution in [3.8, 4) is 11.4 Å². The second-order valence-corrected chi connectivity index (χ2v) is 8.00. The van der Waals surface area contributed by atoms with Gasteiger partial charge in [-0.2, -0.15) is 4.98 Å². The molecule has 0 aliphatic heterocycles. The highest BCUT2D eigenvalue weighted by Crippen LogP contribution is 2.40. The molecule has 0 spiro atoms. The number of nitrogens with two attached hydrogens (primary N) is 1. The molecule has 0 bridgehead atoms. The van der Waals surface area contributed by atoms with Crippen LogP contribution in [0, 0.1) is 5.92 Å². The number of carbonyl (C=O) groups is 1. The standard InChI is InChI=1S/C23H23N7O/c1-14(20(24)31)12-15-2-4-17(5-3-15)27-23-26-13-19-22(29-23)30(18-6-7-18)21(28-19)16-8-10-25-11-9-16/h2-5,8-11,13-14,18H,6-7,12H2,1H3,(H2,24,31)(H,26,27,29). The van der Waals surface area contributed by atoms with E-state index in [2.05, 4.69) is 19.9 Å². The quantitative estimate of drug-likeness (QED) is 0.478. The van der Waals surface area contributed by atoms with Crippen LogP contribution in [-0.4, -0.2) is 30.4 Å². The molecule has 8 heteroatoms. The lowest BCUT2D eigenvalue weighted by Crippen LogP contribution is -2.22. The molecule has 0 saturated heterocycles. The first kappa shape index (κ1) is 19.2. The number of aromatic nitrogens is 5. The highest BCUT2D eigenvalue weighted by Gasteiger charge is 2.29. The van der Waals surface area contributed by atoms with Crippen LogP contribution in [0.3, 0.4) is 0 Å². The van der Waals surface area contributed by atoms with Crippen molar-refractivity contribution in [2.24, 2.45) is 11.7 Å². The van der Waals surface area contributed by atoms with E-state index in [9.17, 15) is 4.79 Å². The largest absolute Gasteiger partial charge is 0.369 e.